The van der Waals surface area contributed by atoms with Crippen LogP contribution in [0.1, 0.15) is 69.8 Å². The second-order valence-electron chi connectivity index (χ2n) is 8.51. The summed E-state index contributed by atoms with van der Waals surface area (Å²) < 4.78 is 17.2. The smallest absolute Gasteiger partial charge is 0.337 e. The van der Waals surface area contributed by atoms with Crippen LogP contribution in [0.2, 0.25) is 0 Å². The molecule has 0 saturated heterocycles. The fourth-order valence-corrected chi connectivity index (χ4v) is 5.10. The van der Waals surface area contributed by atoms with Gasteiger partial charge in [0, 0.05) is 29.0 Å². The van der Waals surface area contributed by atoms with Gasteiger partial charge < -0.3 is 19.5 Å². The van der Waals surface area contributed by atoms with E-state index >= 15 is 0 Å². The summed E-state index contributed by atoms with van der Waals surface area (Å²) in [5.74, 6) is 0.292. The molecule has 1 atom stereocenters. The van der Waals surface area contributed by atoms with Gasteiger partial charge in [0.1, 0.15) is 6.10 Å². The van der Waals surface area contributed by atoms with Crippen molar-refractivity contribution >= 4 is 11.8 Å². The maximum absolute atomic E-state index is 13.5. The van der Waals surface area contributed by atoms with Gasteiger partial charge in [0.2, 0.25) is 0 Å². The summed E-state index contributed by atoms with van der Waals surface area (Å²) in [6.07, 6.45) is 7.14. The molecule has 1 aromatic rings. The molecule has 1 heterocycles. The Morgan fingerprint density at radius 2 is 1.81 bits per heavy atom. The Balaban J connectivity index is 1.81. The number of nitrogens with one attached hydrogen (secondary N) is 1. The maximum Gasteiger partial charge on any atom is 0.337 e. The van der Waals surface area contributed by atoms with Crippen LogP contribution in [-0.2, 0) is 14.3 Å². The van der Waals surface area contributed by atoms with E-state index in [1.807, 2.05) is 25.1 Å². The molecule has 1 fully saturated rings. The van der Waals surface area contributed by atoms with Crippen molar-refractivity contribution in [2.45, 2.75) is 70.3 Å². The highest BCUT2D eigenvalue weighted by Gasteiger charge is 2.41. The van der Waals surface area contributed by atoms with Crippen molar-refractivity contribution in [3.63, 3.8) is 0 Å². The molecule has 0 spiro atoms. The largest absolute Gasteiger partial charge is 0.493 e. The summed E-state index contributed by atoms with van der Waals surface area (Å²) in [6, 6.07) is 5.59. The van der Waals surface area contributed by atoms with Gasteiger partial charge in [-0.15, -0.1) is 0 Å². The van der Waals surface area contributed by atoms with Gasteiger partial charge in [-0.2, -0.15) is 0 Å². The van der Waals surface area contributed by atoms with Crippen molar-refractivity contribution in [3.05, 3.63) is 46.3 Å². The van der Waals surface area contributed by atoms with E-state index in [-0.39, 0.29) is 17.9 Å². The second kappa shape index (κ2) is 9.16. The molecule has 1 N–H and O–H groups in total. The van der Waals surface area contributed by atoms with Crippen molar-refractivity contribution < 1.29 is 23.8 Å². The number of benzene rings is 1. The molecule has 0 radical (unpaired) electrons. The lowest BCUT2D eigenvalue weighted by Gasteiger charge is -2.35. The summed E-state index contributed by atoms with van der Waals surface area (Å²) in [5.41, 5.74) is 3.54. The van der Waals surface area contributed by atoms with Crippen LogP contribution in [0.15, 0.2) is 40.7 Å². The molecule has 1 aliphatic heterocycles. The third kappa shape index (κ3) is 4.08. The first-order chi connectivity index (χ1) is 15.0. The number of Topliss-reactive ketones (excluding diaryl/α,β-unsaturated/α-hetero) is 1. The molecule has 31 heavy (non-hydrogen) atoms. The standard InChI is InChI=1S/C25H31NO5/c1-15-21(25(28)31-16-9-5-4-6-10-16)22(23-18(26-15)12-8-13-19(23)27)17-11-7-14-20(29-2)24(17)30-3/h7,11,14,16,22,26H,4-6,8-10,12-13H2,1-3H3/t22-/m1/s1. The van der Waals surface area contributed by atoms with Crippen molar-refractivity contribution in [2.24, 2.45) is 0 Å². The van der Waals surface area contributed by atoms with Crippen LogP contribution in [0.5, 0.6) is 11.5 Å². The summed E-state index contributed by atoms with van der Waals surface area (Å²) in [4.78, 5) is 26.6. The van der Waals surface area contributed by atoms with Gasteiger partial charge in [-0.1, -0.05) is 18.6 Å². The first-order valence-corrected chi connectivity index (χ1v) is 11.2. The molecule has 0 bridgehead atoms. The lowest BCUT2D eigenvalue weighted by molar-refractivity contribution is -0.146. The minimum absolute atomic E-state index is 0.0631. The SMILES string of the molecule is COc1cccc([C@@H]2C(C(=O)OC3CCCCC3)=C(C)NC3=C2C(=O)CCC3)c1OC. The fourth-order valence-electron chi connectivity index (χ4n) is 5.10. The number of carbonyl (C=O) groups is 2. The van der Waals surface area contributed by atoms with Crippen LogP contribution < -0.4 is 14.8 Å². The number of allylic oxidation sites excluding steroid dienone is 3. The molecule has 0 aromatic heterocycles. The van der Waals surface area contributed by atoms with Crippen molar-refractivity contribution in [1.29, 1.82) is 0 Å². The second-order valence-corrected chi connectivity index (χ2v) is 8.51. The van der Waals surface area contributed by atoms with E-state index < -0.39 is 5.92 Å². The van der Waals surface area contributed by atoms with E-state index in [4.69, 9.17) is 14.2 Å². The molecule has 0 amide bonds. The van der Waals surface area contributed by atoms with Gasteiger partial charge >= 0.3 is 5.97 Å². The zero-order chi connectivity index (χ0) is 22.0. The van der Waals surface area contributed by atoms with E-state index in [0.29, 0.717) is 29.1 Å². The lowest BCUT2D eigenvalue weighted by atomic mass is 9.75. The molecule has 1 saturated carbocycles. The maximum atomic E-state index is 13.5. The zero-order valence-electron chi connectivity index (χ0n) is 18.6. The Hall–Kier alpha value is -2.76. The highest BCUT2D eigenvalue weighted by Crippen LogP contribution is 2.47. The molecule has 2 aliphatic carbocycles. The number of methoxy groups -OCH3 is 2. The van der Waals surface area contributed by atoms with E-state index in [9.17, 15) is 9.59 Å². The molecular formula is C25H31NO5. The van der Waals surface area contributed by atoms with Gasteiger partial charge in [-0.25, -0.2) is 4.79 Å². The first kappa shape index (κ1) is 21.5. The van der Waals surface area contributed by atoms with Crippen LogP contribution in [0.25, 0.3) is 0 Å². The summed E-state index contributed by atoms with van der Waals surface area (Å²) >= 11 is 0. The average molecular weight is 426 g/mol. The number of hydrogen-bond acceptors (Lipinski definition) is 6. The van der Waals surface area contributed by atoms with Crippen LogP contribution in [0, 0.1) is 0 Å². The lowest BCUT2D eigenvalue weighted by Crippen LogP contribution is -2.35. The number of esters is 1. The number of rotatable bonds is 5. The normalized spacial score (nSPS) is 22.0. The molecule has 166 valence electrons. The van der Waals surface area contributed by atoms with Crippen LogP contribution in [0.3, 0.4) is 0 Å². The van der Waals surface area contributed by atoms with Crippen molar-refractivity contribution in [1.82, 2.24) is 5.32 Å². The van der Waals surface area contributed by atoms with Crippen LogP contribution in [-0.4, -0.2) is 32.1 Å². The first-order valence-electron chi connectivity index (χ1n) is 11.2. The van der Waals surface area contributed by atoms with Gasteiger partial charge in [0.25, 0.3) is 0 Å². The number of para-hydroxylation sites is 1. The third-order valence-corrected chi connectivity index (χ3v) is 6.57. The Kier molecular flexibility index (Phi) is 6.35. The van der Waals surface area contributed by atoms with Crippen LogP contribution in [0.4, 0.5) is 0 Å². The van der Waals surface area contributed by atoms with Gasteiger partial charge in [0.15, 0.2) is 17.3 Å². The Labute approximate surface area is 183 Å². The third-order valence-electron chi connectivity index (χ3n) is 6.57. The number of dihydropyridines is 1. The minimum atomic E-state index is -0.537. The summed E-state index contributed by atoms with van der Waals surface area (Å²) in [6.45, 7) is 1.89. The van der Waals surface area contributed by atoms with Crippen molar-refractivity contribution in [2.75, 3.05) is 14.2 Å². The number of ether oxygens (including phenoxy) is 3. The number of carbonyl (C=O) groups excluding carboxylic acids is 2. The molecule has 6 heteroatoms. The average Bonchev–Trinajstić information content (AvgIpc) is 2.78. The van der Waals surface area contributed by atoms with E-state index in [0.717, 1.165) is 55.5 Å². The molecular weight excluding hydrogens is 394 g/mol. The predicted octanol–water partition coefficient (Wildman–Crippen LogP) is 4.55. The molecule has 6 nitrogen and oxygen atoms in total. The van der Waals surface area contributed by atoms with Crippen molar-refractivity contribution in [3.8, 4) is 11.5 Å². The van der Waals surface area contributed by atoms with E-state index in [1.165, 1.54) is 6.42 Å². The number of ketones is 1. The number of hydrogen-bond donors (Lipinski definition) is 1. The molecule has 1 aromatic carbocycles. The highest BCUT2D eigenvalue weighted by molar-refractivity contribution is 6.04. The Morgan fingerprint density at radius 1 is 1.03 bits per heavy atom. The van der Waals surface area contributed by atoms with E-state index in [1.54, 1.807) is 14.2 Å². The van der Waals surface area contributed by atoms with Gasteiger partial charge in [-0.05, 0) is 51.5 Å². The Morgan fingerprint density at radius 3 is 2.52 bits per heavy atom. The summed E-state index contributed by atoms with van der Waals surface area (Å²) in [5, 5.41) is 3.35. The van der Waals surface area contributed by atoms with E-state index in [2.05, 4.69) is 5.32 Å². The molecule has 3 aliphatic rings. The topological polar surface area (TPSA) is 73.9 Å². The molecule has 4 rings (SSSR count). The zero-order valence-corrected chi connectivity index (χ0v) is 18.6. The quantitative estimate of drug-likeness (QED) is 0.698. The Bertz CT molecular complexity index is 939. The fraction of sp³-hybridized carbons (Fsp3) is 0.520. The minimum Gasteiger partial charge on any atom is -0.493 e. The van der Waals surface area contributed by atoms with Gasteiger partial charge in [0.05, 0.1) is 25.7 Å². The monoisotopic (exact) mass is 425 g/mol. The van der Waals surface area contributed by atoms with Gasteiger partial charge in [-0.3, -0.25) is 4.79 Å². The highest BCUT2D eigenvalue weighted by atomic mass is 16.5. The molecule has 0 unspecified atom stereocenters. The van der Waals surface area contributed by atoms with Crippen LogP contribution >= 0.6 is 0 Å². The summed E-state index contributed by atoms with van der Waals surface area (Å²) in [7, 11) is 3.16. The predicted molar refractivity (Wildman–Crippen MR) is 117 cm³/mol.